The maximum absolute atomic E-state index is 13.6. The minimum absolute atomic E-state index is 0.0284. The van der Waals surface area contributed by atoms with Crippen LogP contribution >= 0.6 is 11.3 Å². The minimum atomic E-state index is -4.71. The lowest BCUT2D eigenvalue weighted by Gasteiger charge is -2.15. The summed E-state index contributed by atoms with van der Waals surface area (Å²) in [5.41, 5.74) is -0.0931. The number of imidazole rings is 1. The molecule has 1 aliphatic rings. The Morgan fingerprint density at radius 1 is 1.27 bits per heavy atom. The lowest BCUT2D eigenvalue weighted by atomic mass is 10.1. The van der Waals surface area contributed by atoms with Crippen LogP contribution in [0.2, 0.25) is 0 Å². The summed E-state index contributed by atoms with van der Waals surface area (Å²) < 4.78 is 55.5. The molecule has 1 aliphatic carbocycles. The molecule has 0 aliphatic heterocycles. The number of alkyl halides is 4. The van der Waals surface area contributed by atoms with Gasteiger partial charge in [-0.2, -0.15) is 18.4 Å². The lowest BCUT2D eigenvalue weighted by molar-refractivity contribution is -0.136. The van der Waals surface area contributed by atoms with E-state index in [1.54, 1.807) is 5.38 Å². The number of hydrogen-bond acceptors (Lipinski definition) is 5. The number of fused-ring (bicyclic) bond motifs is 1. The van der Waals surface area contributed by atoms with Gasteiger partial charge >= 0.3 is 6.18 Å². The average Bonchev–Trinajstić information content (AvgIpc) is 3.18. The monoisotopic (exact) mass is 471 g/mol. The number of aromatic nitrogens is 3. The molecule has 5 rings (SSSR count). The zero-order chi connectivity index (χ0) is 23.3. The summed E-state index contributed by atoms with van der Waals surface area (Å²) in [6.07, 6.45) is -2.65. The first-order valence-electron chi connectivity index (χ1n) is 9.74. The number of halogens is 4. The minimum Gasteiger partial charge on any atom is -0.320 e. The van der Waals surface area contributed by atoms with E-state index >= 15 is 0 Å². The van der Waals surface area contributed by atoms with Gasteiger partial charge in [0.1, 0.15) is 23.6 Å². The van der Waals surface area contributed by atoms with Crippen LogP contribution in [-0.2, 0) is 6.18 Å². The van der Waals surface area contributed by atoms with Gasteiger partial charge in [-0.25, -0.2) is 14.4 Å². The zero-order valence-electron chi connectivity index (χ0n) is 16.6. The Kier molecular flexibility index (Phi) is 4.90. The predicted octanol–water partition coefficient (Wildman–Crippen LogP) is 5.43. The van der Waals surface area contributed by atoms with E-state index in [9.17, 15) is 22.4 Å². The van der Waals surface area contributed by atoms with Crippen LogP contribution in [0.1, 0.15) is 39.0 Å². The molecule has 1 aromatic carbocycles. The van der Waals surface area contributed by atoms with Gasteiger partial charge in [-0.05, 0) is 30.7 Å². The van der Waals surface area contributed by atoms with E-state index in [0.29, 0.717) is 28.3 Å². The Morgan fingerprint density at radius 2 is 2.06 bits per heavy atom. The largest absolute Gasteiger partial charge is 0.418 e. The Labute approximate surface area is 188 Å². The Hall–Kier alpha value is -3.78. The van der Waals surface area contributed by atoms with Crippen LogP contribution in [0.15, 0.2) is 48.1 Å². The molecule has 0 unspecified atom stereocenters. The second-order valence-electron chi connectivity index (χ2n) is 7.54. The number of pyridine rings is 1. The van der Waals surface area contributed by atoms with Gasteiger partial charge in [0.25, 0.3) is 5.91 Å². The number of anilines is 1. The number of nitriles is 1. The number of carbonyl (C=O) groups is 1. The standard InChI is InChI=1S/C22H13F4N5OS/c23-15-6-13(15)21-30-17(10-33-21)12-2-3-14(22(24,25)26)16(5-12)29-20(32)18-8-28-19-4-1-11(7-27)9-31(18)19/h1-5,8-10,13,15H,6H2,(H,29,32)/t13-,15-/m0/s1. The molecule has 3 heterocycles. The van der Waals surface area contributed by atoms with E-state index in [1.165, 1.54) is 52.4 Å². The molecule has 1 saturated carbocycles. The summed E-state index contributed by atoms with van der Waals surface area (Å²) >= 11 is 1.25. The molecule has 0 bridgehead atoms. The molecular weight excluding hydrogens is 458 g/mol. The maximum atomic E-state index is 13.6. The van der Waals surface area contributed by atoms with Crippen molar-refractivity contribution in [3.8, 4) is 17.3 Å². The van der Waals surface area contributed by atoms with Gasteiger partial charge in [0.2, 0.25) is 0 Å². The van der Waals surface area contributed by atoms with Crippen molar-refractivity contribution >= 4 is 28.6 Å². The zero-order valence-corrected chi connectivity index (χ0v) is 17.4. The molecule has 0 radical (unpaired) electrons. The molecule has 166 valence electrons. The molecule has 1 N–H and O–H groups in total. The molecule has 0 saturated heterocycles. The van der Waals surface area contributed by atoms with Crippen LogP contribution < -0.4 is 5.32 Å². The van der Waals surface area contributed by atoms with Gasteiger partial charge < -0.3 is 5.32 Å². The number of hydrogen-bond donors (Lipinski definition) is 1. The maximum Gasteiger partial charge on any atom is 0.418 e. The normalized spacial score (nSPS) is 17.7. The van der Waals surface area contributed by atoms with Crippen LogP contribution in [0.4, 0.5) is 23.2 Å². The number of nitrogens with one attached hydrogen (secondary N) is 1. The van der Waals surface area contributed by atoms with E-state index in [0.717, 1.165) is 6.07 Å². The number of thiazole rings is 1. The van der Waals surface area contributed by atoms with E-state index in [2.05, 4.69) is 15.3 Å². The lowest BCUT2D eigenvalue weighted by Crippen LogP contribution is -2.18. The first-order chi connectivity index (χ1) is 15.7. The van der Waals surface area contributed by atoms with E-state index in [-0.39, 0.29) is 17.2 Å². The van der Waals surface area contributed by atoms with Crippen molar-refractivity contribution in [2.24, 2.45) is 0 Å². The van der Waals surface area contributed by atoms with Gasteiger partial charge in [-0.1, -0.05) is 6.07 Å². The summed E-state index contributed by atoms with van der Waals surface area (Å²) in [4.78, 5) is 21.3. The first kappa shape index (κ1) is 21.1. The van der Waals surface area contributed by atoms with Crippen LogP contribution in [0.3, 0.4) is 0 Å². The predicted molar refractivity (Wildman–Crippen MR) is 113 cm³/mol. The fourth-order valence-corrected chi connectivity index (χ4v) is 4.46. The fraction of sp³-hybridized carbons (Fsp3) is 0.182. The molecule has 11 heteroatoms. The highest BCUT2D eigenvalue weighted by Crippen LogP contribution is 2.45. The molecule has 1 amide bonds. The summed E-state index contributed by atoms with van der Waals surface area (Å²) in [5, 5.41) is 13.7. The highest BCUT2D eigenvalue weighted by atomic mass is 32.1. The van der Waals surface area contributed by atoms with Crippen molar-refractivity contribution < 1.29 is 22.4 Å². The van der Waals surface area contributed by atoms with Crippen LogP contribution in [0, 0.1) is 11.3 Å². The SMILES string of the molecule is N#Cc1ccc2ncc(C(=O)Nc3cc(-c4csc([C@H]5C[C@@H]5F)n4)ccc3C(F)(F)F)n2c1. The Bertz CT molecular complexity index is 1430. The Morgan fingerprint density at radius 3 is 2.76 bits per heavy atom. The highest BCUT2D eigenvalue weighted by Gasteiger charge is 2.41. The number of benzene rings is 1. The molecule has 0 spiro atoms. The van der Waals surface area contributed by atoms with Crippen LogP contribution in [-0.4, -0.2) is 26.4 Å². The molecule has 2 atom stereocenters. The van der Waals surface area contributed by atoms with Gasteiger partial charge in [0.05, 0.1) is 33.7 Å². The topological polar surface area (TPSA) is 83.1 Å². The molecule has 4 aromatic rings. The van der Waals surface area contributed by atoms with Crippen molar-refractivity contribution in [2.75, 3.05) is 5.32 Å². The second-order valence-corrected chi connectivity index (χ2v) is 8.43. The highest BCUT2D eigenvalue weighted by molar-refractivity contribution is 7.10. The second kappa shape index (κ2) is 7.67. The number of carbonyl (C=O) groups excluding carboxylic acids is 1. The summed E-state index contributed by atoms with van der Waals surface area (Å²) in [5.74, 6) is -1.08. The molecule has 1 fully saturated rings. The van der Waals surface area contributed by atoms with Crippen molar-refractivity contribution in [1.82, 2.24) is 14.4 Å². The third-order valence-electron chi connectivity index (χ3n) is 5.29. The van der Waals surface area contributed by atoms with Crippen molar-refractivity contribution in [3.05, 3.63) is 69.9 Å². The smallest absolute Gasteiger partial charge is 0.320 e. The van der Waals surface area contributed by atoms with Gasteiger partial charge in [-0.15, -0.1) is 11.3 Å². The fourth-order valence-electron chi connectivity index (χ4n) is 3.47. The Balaban J connectivity index is 1.51. The van der Waals surface area contributed by atoms with Crippen molar-refractivity contribution in [3.63, 3.8) is 0 Å². The van der Waals surface area contributed by atoms with Crippen molar-refractivity contribution in [2.45, 2.75) is 24.7 Å². The van der Waals surface area contributed by atoms with Crippen molar-refractivity contribution in [1.29, 1.82) is 5.26 Å². The molecule has 6 nitrogen and oxygen atoms in total. The number of nitrogens with zero attached hydrogens (tertiary/aromatic N) is 4. The van der Waals surface area contributed by atoms with Gasteiger partial charge in [0, 0.05) is 23.1 Å². The van der Waals surface area contributed by atoms with E-state index < -0.39 is 29.5 Å². The third-order valence-corrected chi connectivity index (χ3v) is 6.26. The van der Waals surface area contributed by atoms with Gasteiger partial charge in [-0.3, -0.25) is 9.20 Å². The van der Waals surface area contributed by atoms with E-state index in [1.807, 2.05) is 6.07 Å². The first-order valence-corrected chi connectivity index (χ1v) is 10.6. The number of amides is 1. The number of rotatable bonds is 4. The average molecular weight is 471 g/mol. The van der Waals surface area contributed by atoms with Gasteiger partial charge in [0.15, 0.2) is 0 Å². The summed E-state index contributed by atoms with van der Waals surface area (Å²) in [7, 11) is 0. The third kappa shape index (κ3) is 3.93. The van der Waals surface area contributed by atoms with E-state index in [4.69, 9.17) is 5.26 Å². The van der Waals surface area contributed by atoms with Crippen LogP contribution in [0.25, 0.3) is 16.9 Å². The molecule has 3 aromatic heterocycles. The molecule has 33 heavy (non-hydrogen) atoms. The quantitative estimate of drug-likeness (QED) is 0.403. The summed E-state index contributed by atoms with van der Waals surface area (Å²) in [6.45, 7) is 0. The molecular formula is C22H13F4N5OS. The summed E-state index contributed by atoms with van der Waals surface area (Å²) in [6, 6.07) is 8.32. The van der Waals surface area contributed by atoms with Crippen LogP contribution in [0.5, 0.6) is 0 Å².